The molecule has 1 amide bonds. The summed E-state index contributed by atoms with van der Waals surface area (Å²) in [6.07, 6.45) is 0. The van der Waals surface area contributed by atoms with Gasteiger partial charge in [0, 0.05) is 12.1 Å². The van der Waals surface area contributed by atoms with E-state index in [-0.39, 0.29) is 11.2 Å². The molecule has 0 fully saturated rings. The number of benzene rings is 2. The normalized spacial score (nSPS) is 12.3. The molecule has 1 N–H and O–H groups in total. The molecule has 1 atom stereocenters. The second kappa shape index (κ2) is 7.05. The van der Waals surface area contributed by atoms with Crippen LogP contribution in [0.25, 0.3) is 11.0 Å². The number of halogens is 2. The van der Waals surface area contributed by atoms with Crippen molar-refractivity contribution in [2.45, 2.75) is 17.3 Å². The van der Waals surface area contributed by atoms with E-state index in [1.807, 2.05) is 42.8 Å². The summed E-state index contributed by atoms with van der Waals surface area (Å²) in [4.78, 5) is 17.0. The molecule has 124 valence electrons. The van der Waals surface area contributed by atoms with Gasteiger partial charge >= 0.3 is 0 Å². The highest BCUT2D eigenvalue weighted by Gasteiger charge is 2.19. The van der Waals surface area contributed by atoms with Gasteiger partial charge in [-0.2, -0.15) is 0 Å². The van der Waals surface area contributed by atoms with Crippen molar-refractivity contribution in [3.05, 3.63) is 52.5 Å². The zero-order valence-corrected chi connectivity index (χ0v) is 15.4. The Hall–Kier alpha value is -1.69. The molecule has 0 saturated carbocycles. The fourth-order valence-electron chi connectivity index (χ4n) is 2.27. The zero-order valence-electron chi connectivity index (χ0n) is 13.1. The minimum atomic E-state index is -0.327. The summed E-state index contributed by atoms with van der Waals surface area (Å²) in [5.74, 6) is -0.142. The molecule has 1 unspecified atom stereocenters. The van der Waals surface area contributed by atoms with Gasteiger partial charge in [-0.25, -0.2) is 4.98 Å². The van der Waals surface area contributed by atoms with E-state index in [1.54, 1.807) is 18.2 Å². The van der Waals surface area contributed by atoms with E-state index >= 15 is 0 Å². The lowest BCUT2D eigenvalue weighted by molar-refractivity contribution is -0.115. The molecule has 3 rings (SSSR count). The van der Waals surface area contributed by atoms with Crippen molar-refractivity contribution in [2.75, 3.05) is 5.32 Å². The van der Waals surface area contributed by atoms with E-state index in [2.05, 4.69) is 10.3 Å². The Bertz CT molecular complexity index is 910. The summed E-state index contributed by atoms with van der Waals surface area (Å²) in [7, 11) is 1.94. The predicted molar refractivity (Wildman–Crippen MR) is 101 cm³/mol. The zero-order chi connectivity index (χ0) is 17.3. The highest BCUT2D eigenvalue weighted by Crippen LogP contribution is 2.29. The third kappa shape index (κ3) is 3.53. The van der Waals surface area contributed by atoms with E-state index in [4.69, 9.17) is 23.2 Å². The SMILES string of the molecule is CC(Sc1nc2ccccc2n1C)C(=O)Nc1ccc(Cl)cc1Cl. The number of carbonyl (C=O) groups is 1. The van der Waals surface area contributed by atoms with Crippen molar-refractivity contribution in [1.29, 1.82) is 0 Å². The Morgan fingerprint density at radius 3 is 2.71 bits per heavy atom. The van der Waals surface area contributed by atoms with Crippen LogP contribution in [0.4, 0.5) is 5.69 Å². The Kier molecular flexibility index (Phi) is 5.04. The molecule has 1 heterocycles. The smallest absolute Gasteiger partial charge is 0.237 e. The van der Waals surface area contributed by atoms with Gasteiger partial charge in [0.15, 0.2) is 5.16 Å². The number of imidazole rings is 1. The van der Waals surface area contributed by atoms with Gasteiger partial charge < -0.3 is 9.88 Å². The molecule has 1 aromatic heterocycles. The van der Waals surface area contributed by atoms with Crippen molar-refractivity contribution in [2.24, 2.45) is 7.05 Å². The number of hydrogen-bond donors (Lipinski definition) is 1. The van der Waals surface area contributed by atoms with Crippen LogP contribution in [0.1, 0.15) is 6.92 Å². The molecule has 0 aliphatic carbocycles. The molecule has 2 aromatic carbocycles. The number of rotatable bonds is 4. The summed E-state index contributed by atoms with van der Waals surface area (Å²) >= 11 is 13.4. The number of anilines is 1. The number of nitrogens with one attached hydrogen (secondary N) is 1. The molecule has 7 heteroatoms. The van der Waals surface area contributed by atoms with Gasteiger partial charge in [-0.05, 0) is 37.3 Å². The standard InChI is InChI=1S/C17H15Cl2N3OS/c1-10(16(23)20-13-8-7-11(18)9-12(13)19)24-17-21-14-5-3-4-6-15(14)22(17)2/h3-10H,1-2H3,(H,20,23). The predicted octanol–water partition coefficient (Wildman–Crippen LogP) is 5.00. The number of aryl methyl sites for hydroxylation is 1. The molecule has 4 nitrogen and oxygen atoms in total. The monoisotopic (exact) mass is 379 g/mol. The number of amides is 1. The van der Waals surface area contributed by atoms with E-state index in [0.717, 1.165) is 16.2 Å². The van der Waals surface area contributed by atoms with E-state index < -0.39 is 0 Å². The molecule has 24 heavy (non-hydrogen) atoms. The Morgan fingerprint density at radius 1 is 1.25 bits per heavy atom. The van der Waals surface area contributed by atoms with Crippen molar-refractivity contribution >= 4 is 57.6 Å². The maximum Gasteiger partial charge on any atom is 0.237 e. The van der Waals surface area contributed by atoms with Gasteiger partial charge in [0.1, 0.15) is 0 Å². The molecule has 0 bridgehead atoms. The van der Waals surface area contributed by atoms with Crippen molar-refractivity contribution in [3.63, 3.8) is 0 Å². The minimum absolute atomic E-state index is 0.142. The molecule has 0 aliphatic rings. The molecule has 0 spiro atoms. The molecule has 3 aromatic rings. The van der Waals surface area contributed by atoms with Crippen LogP contribution in [0.5, 0.6) is 0 Å². The lowest BCUT2D eigenvalue weighted by Crippen LogP contribution is -2.23. The van der Waals surface area contributed by atoms with Crippen LogP contribution in [0.15, 0.2) is 47.6 Å². The van der Waals surface area contributed by atoms with Crippen LogP contribution < -0.4 is 5.32 Å². The average molecular weight is 380 g/mol. The minimum Gasteiger partial charge on any atom is -0.324 e. The summed E-state index contributed by atoms with van der Waals surface area (Å²) in [6.45, 7) is 1.84. The number of aromatic nitrogens is 2. The third-order valence-electron chi connectivity index (χ3n) is 3.59. The first-order valence-electron chi connectivity index (χ1n) is 7.29. The highest BCUT2D eigenvalue weighted by molar-refractivity contribution is 8.00. The third-order valence-corrected chi connectivity index (χ3v) is 5.28. The Morgan fingerprint density at radius 2 is 2.00 bits per heavy atom. The van der Waals surface area contributed by atoms with Crippen molar-refractivity contribution in [3.8, 4) is 0 Å². The average Bonchev–Trinajstić information content (AvgIpc) is 2.86. The number of para-hydroxylation sites is 2. The van der Waals surface area contributed by atoms with Gasteiger partial charge in [-0.1, -0.05) is 47.1 Å². The number of nitrogens with zero attached hydrogens (tertiary/aromatic N) is 2. The summed E-state index contributed by atoms with van der Waals surface area (Å²) in [6, 6.07) is 12.9. The van der Waals surface area contributed by atoms with Crippen LogP contribution >= 0.6 is 35.0 Å². The van der Waals surface area contributed by atoms with E-state index in [0.29, 0.717) is 15.7 Å². The largest absolute Gasteiger partial charge is 0.324 e. The van der Waals surface area contributed by atoms with Gasteiger partial charge in [0.25, 0.3) is 0 Å². The second-order valence-corrected chi connectivity index (χ2v) is 7.47. The maximum atomic E-state index is 12.4. The Balaban J connectivity index is 1.74. The molecular weight excluding hydrogens is 365 g/mol. The summed E-state index contributed by atoms with van der Waals surface area (Å²) in [5.41, 5.74) is 2.49. The van der Waals surface area contributed by atoms with Crippen LogP contribution in [0, 0.1) is 0 Å². The first kappa shape index (κ1) is 17.1. The van der Waals surface area contributed by atoms with E-state index in [9.17, 15) is 4.79 Å². The number of thioether (sulfide) groups is 1. The Labute approximate surface area is 154 Å². The molecule has 0 aliphatic heterocycles. The van der Waals surface area contributed by atoms with Crippen LogP contribution in [0.2, 0.25) is 10.0 Å². The van der Waals surface area contributed by atoms with Gasteiger partial charge in [-0.15, -0.1) is 0 Å². The quantitative estimate of drug-likeness (QED) is 0.648. The van der Waals surface area contributed by atoms with E-state index in [1.165, 1.54) is 11.8 Å². The maximum absolute atomic E-state index is 12.4. The number of fused-ring (bicyclic) bond motifs is 1. The van der Waals surface area contributed by atoms with Crippen LogP contribution in [-0.2, 0) is 11.8 Å². The first-order valence-corrected chi connectivity index (χ1v) is 8.93. The fourth-order valence-corrected chi connectivity index (χ4v) is 3.61. The molecular formula is C17H15Cl2N3OS. The number of carbonyl (C=O) groups excluding carboxylic acids is 1. The van der Waals surface area contributed by atoms with Crippen molar-refractivity contribution in [1.82, 2.24) is 9.55 Å². The lowest BCUT2D eigenvalue weighted by atomic mass is 10.3. The summed E-state index contributed by atoms with van der Waals surface area (Å²) in [5, 5.41) is 4.23. The topological polar surface area (TPSA) is 46.9 Å². The highest BCUT2D eigenvalue weighted by atomic mass is 35.5. The molecule has 0 saturated heterocycles. The van der Waals surface area contributed by atoms with Gasteiger partial charge in [0.05, 0.1) is 27.0 Å². The summed E-state index contributed by atoms with van der Waals surface area (Å²) < 4.78 is 1.99. The van der Waals surface area contributed by atoms with Gasteiger partial charge in [-0.3, -0.25) is 4.79 Å². The van der Waals surface area contributed by atoms with Crippen LogP contribution in [-0.4, -0.2) is 20.7 Å². The lowest BCUT2D eigenvalue weighted by Gasteiger charge is -2.13. The number of hydrogen-bond acceptors (Lipinski definition) is 3. The molecule has 0 radical (unpaired) electrons. The van der Waals surface area contributed by atoms with Gasteiger partial charge in [0.2, 0.25) is 5.91 Å². The fraction of sp³-hybridized carbons (Fsp3) is 0.176. The van der Waals surface area contributed by atoms with Crippen molar-refractivity contribution < 1.29 is 4.79 Å². The first-order chi connectivity index (χ1) is 11.5. The second-order valence-electron chi connectivity index (χ2n) is 5.32. The van der Waals surface area contributed by atoms with Crippen LogP contribution in [0.3, 0.4) is 0 Å².